The smallest absolute Gasteiger partial charge is 0.217 e. The maximum absolute atomic E-state index is 12.6. The molecule has 0 aliphatic heterocycles. The monoisotopic (exact) mass is 1080 g/mol. The van der Waals surface area contributed by atoms with Crippen molar-refractivity contribution in [2.45, 2.75) is 59.2 Å². The van der Waals surface area contributed by atoms with Crippen LogP contribution >= 0.6 is 0 Å². The van der Waals surface area contributed by atoms with Gasteiger partial charge in [-0.3, -0.25) is 9.37 Å². The molecule has 4 aromatic heterocycles. The summed E-state index contributed by atoms with van der Waals surface area (Å²) in [5.41, 5.74) is 11.8. The van der Waals surface area contributed by atoms with E-state index in [9.17, 15) is 9.65 Å². The zero-order valence-electron chi connectivity index (χ0n) is 38.9. The van der Waals surface area contributed by atoms with Gasteiger partial charge in [0.25, 0.3) is 0 Å². The van der Waals surface area contributed by atoms with Gasteiger partial charge in [0.2, 0.25) is 5.71 Å². The molecule has 0 amide bonds. The van der Waals surface area contributed by atoms with Gasteiger partial charge in [-0.05, 0) is 104 Å². The molecule has 11 aromatic rings. The zero-order chi connectivity index (χ0) is 46.6. The molecule has 0 aliphatic rings. The van der Waals surface area contributed by atoms with Crippen LogP contribution in [0.4, 0.5) is 4.39 Å². The van der Waals surface area contributed by atoms with Crippen molar-refractivity contribution in [2.24, 2.45) is 0 Å². The molecule has 68 heavy (non-hydrogen) atoms. The van der Waals surface area contributed by atoms with Gasteiger partial charge in [0.1, 0.15) is 11.8 Å². The van der Waals surface area contributed by atoms with Crippen LogP contribution in [-0.4, -0.2) is 27.6 Å². The van der Waals surface area contributed by atoms with E-state index in [4.69, 9.17) is 9.40 Å². The first-order valence-corrected chi connectivity index (χ1v) is 26.2. The van der Waals surface area contributed by atoms with Crippen LogP contribution in [0.15, 0.2) is 156 Å². The molecule has 11 rings (SSSR count). The normalized spacial score (nSPS) is 11.7. The molecule has 6 nitrogen and oxygen atoms in total. The Morgan fingerprint density at radius 1 is 0.691 bits per heavy atom. The van der Waals surface area contributed by atoms with Gasteiger partial charge in [0.05, 0.1) is 30.5 Å². The molecule has 0 unspecified atom stereocenters. The number of hydrogen-bond acceptors (Lipinski definition) is 5. The summed E-state index contributed by atoms with van der Waals surface area (Å²) in [5.74, 6) is 0.903. The second-order valence-corrected chi connectivity index (χ2v) is 23.8. The third kappa shape index (κ3) is 8.56. The molecule has 1 radical (unpaired) electrons. The van der Waals surface area contributed by atoms with E-state index >= 15 is 0 Å². The molecule has 0 atom stereocenters. The number of fused-ring (bicyclic) bond motifs is 7. The van der Waals surface area contributed by atoms with Gasteiger partial charge in [-0.25, -0.2) is 4.98 Å². The van der Waals surface area contributed by atoms with Crippen LogP contribution in [0.1, 0.15) is 56.4 Å². The summed E-state index contributed by atoms with van der Waals surface area (Å²) in [6.45, 7) is 16.3. The number of rotatable bonds is 7. The number of aromatic nitrogens is 4. The van der Waals surface area contributed by atoms with Gasteiger partial charge in [-0.1, -0.05) is 136 Å². The minimum Gasteiger partial charge on any atom is -0.486 e. The minimum atomic E-state index is -1.44. The van der Waals surface area contributed by atoms with E-state index in [1.165, 1.54) is 55.7 Å². The fraction of sp³-hybridized carbons (Fsp3) is 0.153. The number of nitriles is 1. The molecule has 0 N–H and O–H groups in total. The summed E-state index contributed by atoms with van der Waals surface area (Å²) < 4.78 is 21.4. The Morgan fingerprint density at radius 3 is 2.10 bits per heavy atom. The first-order valence-electron chi connectivity index (χ1n) is 22.7. The van der Waals surface area contributed by atoms with Gasteiger partial charge in [0, 0.05) is 43.2 Å². The minimum absolute atomic E-state index is 0. The topological polar surface area (TPSA) is 80.5 Å². The van der Waals surface area contributed by atoms with Gasteiger partial charge >= 0.3 is 0 Å². The molecule has 4 heterocycles. The predicted molar refractivity (Wildman–Crippen MR) is 275 cm³/mol. The summed E-state index contributed by atoms with van der Waals surface area (Å²) in [5, 5.41) is 17.6. The van der Waals surface area contributed by atoms with Crippen LogP contribution in [0.2, 0.25) is 19.6 Å². The maximum atomic E-state index is 12.6. The van der Waals surface area contributed by atoms with Crippen molar-refractivity contribution in [3.05, 3.63) is 187 Å². The zero-order valence-corrected chi connectivity index (χ0v) is 42.3. The van der Waals surface area contributed by atoms with Crippen molar-refractivity contribution in [2.75, 3.05) is 0 Å². The average Bonchev–Trinajstić information content (AvgIpc) is 3.91. The number of pyridine rings is 2. The average molecular weight is 1080 g/mol. The first-order chi connectivity index (χ1) is 32.4. The quantitative estimate of drug-likeness (QED) is 0.0902. The van der Waals surface area contributed by atoms with Crippen molar-refractivity contribution >= 4 is 67.9 Å². The largest absolute Gasteiger partial charge is 0.486 e. The van der Waals surface area contributed by atoms with E-state index in [2.05, 4.69) is 165 Å². The van der Waals surface area contributed by atoms with Gasteiger partial charge in [0.15, 0.2) is 0 Å². The SMILES string of the molecule is CC(C)c1cc(-c2ccc([Si](C)(C)C)cc2)cc(C(C)C)c1-n1c(-c2[c-]ccc3c2oc2nc(C#N)ccc23)nc2cc3ccc4ccccc4c3cc21.Fc1c[c-]c(-c2ccccn2)cc1.[Ir]. The Kier molecular flexibility index (Phi) is 12.6. The maximum Gasteiger partial charge on any atom is 0.217 e. The van der Waals surface area contributed by atoms with Crippen LogP contribution in [0.3, 0.4) is 0 Å². The fourth-order valence-corrected chi connectivity index (χ4v) is 10.2. The number of halogens is 1. The van der Waals surface area contributed by atoms with Crippen LogP contribution < -0.4 is 5.19 Å². The fourth-order valence-electron chi connectivity index (χ4n) is 9.06. The number of imidazole rings is 1. The van der Waals surface area contributed by atoms with E-state index in [1.54, 1.807) is 18.3 Å². The van der Waals surface area contributed by atoms with E-state index in [0.717, 1.165) is 55.5 Å². The van der Waals surface area contributed by atoms with Gasteiger partial charge in [-0.15, -0.1) is 48.0 Å². The van der Waals surface area contributed by atoms with E-state index in [0.29, 0.717) is 17.0 Å². The van der Waals surface area contributed by atoms with Crippen LogP contribution in [-0.2, 0) is 20.1 Å². The summed E-state index contributed by atoms with van der Waals surface area (Å²) >= 11 is 0. The van der Waals surface area contributed by atoms with Crippen LogP contribution in [0.25, 0.3) is 94.1 Å². The molecule has 9 heteroatoms. The molecular weight excluding hydrogens is 1030 g/mol. The van der Waals surface area contributed by atoms with Crippen molar-refractivity contribution in [1.29, 1.82) is 5.26 Å². The Bertz CT molecular complexity index is 3670. The molecule has 0 saturated carbocycles. The number of benzene rings is 7. The molecule has 0 saturated heterocycles. The molecule has 0 spiro atoms. The Labute approximate surface area is 410 Å². The third-order valence-corrected chi connectivity index (χ3v) is 14.7. The molecular formula is C59H48FIrN5OSi-2. The Balaban J connectivity index is 0.000000356. The van der Waals surface area contributed by atoms with E-state index in [1.807, 2.05) is 36.4 Å². The Morgan fingerprint density at radius 2 is 1.43 bits per heavy atom. The van der Waals surface area contributed by atoms with Gasteiger partial charge in [-0.2, -0.15) is 5.26 Å². The predicted octanol–water partition coefficient (Wildman–Crippen LogP) is 15.1. The second-order valence-electron chi connectivity index (χ2n) is 18.8. The number of hydrogen-bond donors (Lipinski definition) is 0. The van der Waals surface area contributed by atoms with Crippen LogP contribution in [0.5, 0.6) is 0 Å². The van der Waals surface area contributed by atoms with Crippen molar-refractivity contribution in [1.82, 2.24) is 19.5 Å². The molecule has 7 aromatic carbocycles. The third-order valence-electron chi connectivity index (χ3n) is 12.6. The Hall–Kier alpha value is -7.08. The van der Waals surface area contributed by atoms with Crippen LogP contribution in [0, 0.1) is 29.3 Å². The first kappa shape index (κ1) is 46.0. The summed E-state index contributed by atoms with van der Waals surface area (Å²) in [7, 11) is -1.44. The van der Waals surface area contributed by atoms with E-state index in [-0.39, 0.29) is 37.8 Å². The summed E-state index contributed by atoms with van der Waals surface area (Å²) in [4.78, 5) is 14.1. The molecule has 337 valence electrons. The molecule has 0 bridgehead atoms. The van der Waals surface area contributed by atoms with Crippen molar-refractivity contribution in [3.8, 4) is 45.5 Å². The summed E-state index contributed by atoms with van der Waals surface area (Å²) in [6, 6.07) is 57.6. The van der Waals surface area contributed by atoms with Crippen molar-refractivity contribution < 1.29 is 28.9 Å². The summed E-state index contributed by atoms with van der Waals surface area (Å²) in [6.07, 6.45) is 1.70. The van der Waals surface area contributed by atoms with Crippen molar-refractivity contribution in [3.63, 3.8) is 0 Å². The standard InChI is InChI=1S/C48H41N4OSi.C11H7FN.Ir/c1-28(2)40-23-33(30-17-20-35(21-18-30)54(5,6)7)24-41(29(3)4)45(40)52-44-26-42-32(16-15-31-11-8-9-12-36(31)42)25-43(44)51-47(52)39-14-10-13-37-38-22-19-34(27-49)50-48(38)53-46(37)39;12-10-6-4-9(5-7-10)11-3-1-2-8-13-11;/h8-13,15-26,28-29H,1-7H3;1-4,6-8H;/q2*-1;. The number of nitrogens with zero attached hydrogens (tertiary/aromatic N) is 5. The van der Waals surface area contributed by atoms with E-state index < -0.39 is 8.07 Å². The number of furan rings is 1. The molecule has 0 aliphatic carbocycles. The second kappa shape index (κ2) is 18.5. The molecule has 0 fully saturated rings. The van der Waals surface area contributed by atoms with Gasteiger partial charge < -0.3 is 14.0 Å².